The van der Waals surface area contributed by atoms with Gasteiger partial charge in [0.15, 0.2) is 0 Å². The highest BCUT2D eigenvalue weighted by molar-refractivity contribution is 6.35. The fraction of sp³-hybridized carbons (Fsp3) is 0.217. The number of nitrogens with one attached hydrogen (secondary N) is 2. The van der Waals surface area contributed by atoms with Crippen molar-refractivity contribution in [1.82, 2.24) is 24.8 Å². The van der Waals surface area contributed by atoms with Crippen LogP contribution in [0, 0.1) is 0 Å². The third-order valence-corrected chi connectivity index (χ3v) is 6.14. The summed E-state index contributed by atoms with van der Waals surface area (Å²) in [6.07, 6.45) is 4.49. The summed E-state index contributed by atoms with van der Waals surface area (Å²) in [5.41, 5.74) is 2.45. The zero-order valence-corrected chi connectivity index (χ0v) is 19.1. The molecule has 4 aromatic rings. The highest BCUT2D eigenvalue weighted by Crippen LogP contribution is 2.31. The van der Waals surface area contributed by atoms with Gasteiger partial charge in [0.1, 0.15) is 24.0 Å². The molecule has 2 aromatic carbocycles. The number of halogens is 2. The van der Waals surface area contributed by atoms with Gasteiger partial charge in [0.2, 0.25) is 0 Å². The maximum Gasteiger partial charge on any atom is 0.256 e. The van der Waals surface area contributed by atoms with Crippen LogP contribution < -0.4 is 5.32 Å². The number of anilines is 1. The van der Waals surface area contributed by atoms with E-state index in [0.29, 0.717) is 56.8 Å². The average molecular weight is 483 g/mol. The topological polar surface area (TPSA) is 107 Å². The van der Waals surface area contributed by atoms with Gasteiger partial charge in [-0.3, -0.25) is 4.79 Å². The molecule has 33 heavy (non-hydrogen) atoms. The molecule has 1 amide bonds. The van der Waals surface area contributed by atoms with Crippen molar-refractivity contribution >= 4 is 56.9 Å². The second kappa shape index (κ2) is 8.62. The summed E-state index contributed by atoms with van der Waals surface area (Å²) in [5, 5.41) is 15.3. The monoisotopic (exact) mass is 482 g/mol. The average Bonchev–Trinajstić information content (AvgIpc) is 3.46. The summed E-state index contributed by atoms with van der Waals surface area (Å²) in [6.45, 7) is 2.78. The molecule has 0 aliphatic carbocycles. The Morgan fingerprint density at radius 3 is 2.70 bits per heavy atom. The van der Waals surface area contributed by atoms with E-state index in [1.807, 2.05) is 18.2 Å². The Morgan fingerprint density at radius 2 is 1.94 bits per heavy atom. The predicted molar refractivity (Wildman–Crippen MR) is 129 cm³/mol. The molecule has 2 atom stereocenters. The second-order valence-corrected chi connectivity index (χ2v) is 8.74. The van der Waals surface area contributed by atoms with Gasteiger partial charge in [-0.2, -0.15) is 0 Å². The molecule has 0 unspecified atom stereocenters. The van der Waals surface area contributed by atoms with Gasteiger partial charge in [0.25, 0.3) is 5.91 Å². The first-order chi connectivity index (χ1) is 15.9. The predicted octanol–water partition coefficient (Wildman–Crippen LogP) is 4.36. The van der Waals surface area contributed by atoms with E-state index in [2.05, 4.69) is 25.3 Å². The Labute approximate surface area is 199 Å². The quantitative estimate of drug-likeness (QED) is 0.364. The first-order valence-electron chi connectivity index (χ1n) is 10.4. The van der Waals surface area contributed by atoms with Crippen molar-refractivity contribution in [3.63, 3.8) is 0 Å². The highest BCUT2D eigenvalue weighted by atomic mass is 35.5. The van der Waals surface area contributed by atoms with Gasteiger partial charge in [-0.1, -0.05) is 35.4 Å². The molecule has 2 aromatic heterocycles. The number of aromatic nitrogens is 4. The van der Waals surface area contributed by atoms with E-state index in [-0.39, 0.29) is 5.91 Å². The van der Waals surface area contributed by atoms with Gasteiger partial charge < -0.3 is 20.3 Å². The summed E-state index contributed by atoms with van der Waals surface area (Å²) in [6, 6.07) is 8.11. The number of benzene rings is 2. The maximum atomic E-state index is 12.8. The Bertz CT molecular complexity index is 1390. The number of fused-ring (bicyclic) bond motifs is 2. The zero-order valence-electron chi connectivity index (χ0n) is 17.6. The number of rotatable bonds is 5. The number of hydrogen-bond acceptors (Lipinski definition) is 6. The maximum absolute atomic E-state index is 12.8. The van der Waals surface area contributed by atoms with Crippen LogP contribution in [0.5, 0.6) is 0 Å². The van der Waals surface area contributed by atoms with Crippen LogP contribution in [0.4, 0.5) is 5.82 Å². The zero-order chi connectivity index (χ0) is 23.1. The molecule has 0 bridgehead atoms. The molecular weight excluding hydrogens is 463 g/mol. The minimum atomic E-state index is -0.801. The molecule has 0 saturated carbocycles. The minimum absolute atomic E-state index is 0.150. The van der Waals surface area contributed by atoms with E-state index in [4.69, 9.17) is 23.2 Å². The third-order valence-electron chi connectivity index (χ3n) is 5.59. The summed E-state index contributed by atoms with van der Waals surface area (Å²) in [4.78, 5) is 31.0. The van der Waals surface area contributed by atoms with Gasteiger partial charge in [0, 0.05) is 23.5 Å². The van der Waals surface area contributed by atoms with Crippen molar-refractivity contribution in [2.24, 2.45) is 0 Å². The molecule has 0 spiro atoms. The SMILES string of the molecule is C[C@H](O)[C@H](Nc1ncnc2cc(C(=O)N3CC=CC3)c(Cl)cc12)c1nc2cc(Cl)ccc2[nH]1. The second-order valence-electron chi connectivity index (χ2n) is 7.90. The van der Waals surface area contributed by atoms with Crippen molar-refractivity contribution in [3.8, 4) is 0 Å². The van der Waals surface area contributed by atoms with E-state index < -0.39 is 12.1 Å². The Hall–Kier alpha value is -3.20. The van der Waals surface area contributed by atoms with Gasteiger partial charge in [-0.15, -0.1) is 0 Å². The summed E-state index contributed by atoms with van der Waals surface area (Å²) < 4.78 is 0. The summed E-state index contributed by atoms with van der Waals surface area (Å²) in [5.74, 6) is 0.851. The molecule has 5 rings (SSSR count). The Morgan fingerprint density at radius 1 is 1.15 bits per heavy atom. The van der Waals surface area contributed by atoms with E-state index in [1.165, 1.54) is 6.33 Å². The molecule has 3 heterocycles. The van der Waals surface area contributed by atoms with Crippen LogP contribution in [-0.2, 0) is 0 Å². The molecular formula is C23H20Cl2N6O2. The number of aliphatic hydroxyl groups is 1. The number of nitrogens with zero attached hydrogens (tertiary/aromatic N) is 4. The van der Waals surface area contributed by atoms with E-state index in [0.717, 1.165) is 5.52 Å². The van der Waals surface area contributed by atoms with Crippen LogP contribution in [-0.4, -0.2) is 55.0 Å². The third kappa shape index (κ3) is 4.13. The highest BCUT2D eigenvalue weighted by Gasteiger charge is 2.24. The van der Waals surface area contributed by atoms with Crippen molar-refractivity contribution in [3.05, 3.63) is 70.2 Å². The van der Waals surface area contributed by atoms with Crippen LogP contribution in [0.1, 0.15) is 29.1 Å². The van der Waals surface area contributed by atoms with Crippen LogP contribution in [0.25, 0.3) is 21.9 Å². The van der Waals surface area contributed by atoms with Crippen LogP contribution in [0.3, 0.4) is 0 Å². The molecule has 1 aliphatic heterocycles. The molecule has 168 valence electrons. The van der Waals surface area contributed by atoms with Crippen LogP contribution >= 0.6 is 23.2 Å². The fourth-order valence-electron chi connectivity index (χ4n) is 3.88. The lowest BCUT2D eigenvalue weighted by molar-refractivity contribution is 0.0800. The summed E-state index contributed by atoms with van der Waals surface area (Å²) >= 11 is 12.6. The van der Waals surface area contributed by atoms with Crippen molar-refractivity contribution in [1.29, 1.82) is 0 Å². The smallest absolute Gasteiger partial charge is 0.256 e. The number of carbonyl (C=O) groups excluding carboxylic acids is 1. The standard InChI is InChI=1S/C23H20Cl2N6O2/c1-12(32)20(22-28-17-5-4-13(24)8-19(17)29-22)30-21-15-9-16(25)14(10-18(15)26-11-27-21)23(33)31-6-2-3-7-31/h2-5,8-12,20,32H,6-7H2,1H3,(H,28,29)(H,26,27,30)/t12-,20-/m0/s1. The number of H-pyrrole nitrogens is 1. The van der Waals surface area contributed by atoms with Gasteiger partial charge in [-0.25, -0.2) is 15.0 Å². The lowest BCUT2D eigenvalue weighted by atomic mass is 10.1. The molecule has 3 N–H and O–H groups in total. The Kier molecular flexibility index (Phi) is 5.65. The molecule has 10 heteroatoms. The normalized spacial score (nSPS) is 15.3. The first-order valence-corrected chi connectivity index (χ1v) is 11.1. The largest absolute Gasteiger partial charge is 0.391 e. The summed E-state index contributed by atoms with van der Waals surface area (Å²) in [7, 11) is 0. The lowest BCUT2D eigenvalue weighted by Crippen LogP contribution is -2.28. The van der Waals surface area contributed by atoms with Crippen LogP contribution in [0.15, 0.2) is 48.8 Å². The molecule has 0 radical (unpaired) electrons. The van der Waals surface area contributed by atoms with E-state index >= 15 is 0 Å². The Balaban J connectivity index is 1.51. The number of amides is 1. The molecule has 8 nitrogen and oxygen atoms in total. The number of carbonyl (C=O) groups is 1. The molecule has 0 saturated heterocycles. The molecule has 1 aliphatic rings. The number of hydrogen-bond donors (Lipinski definition) is 3. The minimum Gasteiger partial charge on any atom is -0.391 e. The fourth-order valence-corrected chi connectivity index (χ4v) is 4.29. The lowest BCUT2D eigenvalue weighted by Gasteiger charge is -2.21. The van der Waals surface area contributed by atoms with Gasteiger partial charge in [-0.05, 0) is 37.3 Å². The van der Waals surface area contributed by atoms with Crippen molar-refractivity contribution in [2.45, 2.75) is 19.1 Å². The number of aromatic amines is 1. The van der Waals surface area contributed by atoms with Gasteiger partial charge >= 0.3 is 0 Å². The van der Waals surface area contributed by atoms with Gasteiger partial charge in [0.05, 0.1) is 33.2 Å². The van der Waals surface area contributed by atoms with Crippen molar-refractivity contribution in [2.75, 3.05) is 18.4 Å². The number of aliphatic hydroxyl groups excluding tert-OH is 1. The number of imidazole rings is 1. The first kappa shape index (κ1) is 21.6. The molecule has 0 fully saturated rings. The van der Waals surface area contributed by atoms with E-state index in [1.54, 1.807) is 36.1 Å². The van der Waals surface area contributed by atoms with E-state index in [9.17, 15) is 9.90 Å². The van der Waals surface area contributed by atoms with Crippen LogP contribution in [0.2, 0.25) is 10.0 Å². The van der Waals surface area contributed by atoms with Crippen molar-refractivity contribution < 1.29 is 9.90 Å².